The summed E-state index contributed by atoms with van der Waals surface area (Å²) in [6.45, 7) is 7.85. The van der Waals surface area contributed by atoms with Crippen LogP contribution in [0.4, 0.5) is 5.69 Å². The van der Waals surface area contributed by atoms with Crippen LogP contribution in [-0.4, -0.2) is 23.4 Å². The summed E-state index contributed by atoms with van der Waals surface area (Å²) in [5.41, 5.74) is 2.86. The predicted molar refractivity (Wildman–Crippen MR) is 100 cm³/mol. The van der Waals surface area contributed by atoms with E-state index in [0.29, 0.717) is 11.1 Å². The first kappa shape index (κ1) is 17.2. The lowest BCUT2D eigenvalue weighted by atomic mass is 10.1. The number of carbonyl (C=O) groups excluding carboxylic acids is 2. The van der Waals surface area contributed by atoms with Crippen molar-refractivity contribution in [3.63, 3.8) is 0 Å². The summed E-state index contributed by atoms with van der Waals surface area (Å²) >= 11 is 0. The van der Waals surface area contributed by atoms with Gasteiger partial charge in [-0.25, -0.2) is 0 Å². The topological polar surface area (TPSA) is 49.4 Å². The summed E-state index contributed by atoms with van der Waals surface area (Å²) in [4.78, 5) is 27.3. The van der Waals surface area contributed by atoms with E-state index in [9.17, 15) is 9.59 Å². The van der Waals surface area contributed by atoms with Crippen molar-refractivity contribution in [1.82, 2.24) is 5.32 Å². The van der Waals surface area contributed by atoms with E-state index in [4.69, 9.17) is 0 Å². The molecular weight excluding hydrogens is 312 g/mol. The van der Waals surface area contributed by atoms with Crippen molar-refractivity contribution in [2.45, 2.75) is 45.7 Å². The fourth-order valence-corrected chi connectivity index (χ4v) is 3.22. The number of nitrogens with zero attached hydrogens (tertiary/aromatic N) is 1. The first-order valence-corrected chi connectivity index (χ1v) is 8.60. The van der Waals surface area contributed by atoms with Gasteiger partial charge in [-0.15, -0.1) is 0 Å². The van der Waals surface area contributed by atoms with Crippen LogP contribution in [0, 0.1) is 0 Å². The number of hydrogen-bond donors (Lipinski definition) is 1. The number of amides is 2. The number of benzene rings is 2. The molecule has 0 bridgehead atoms. The lowest BCUT2D eigenvalue weighted by Gasteiger charge is -2.23. The van der Waals surface area contributed by atoms with Gasteiger partial charge in [0.05, 0.1) is 0 Å². The largest absolute Gasteiger partial charge is 0.347 e. The van der Waals surface area contributed by atoms with Gasteiger partial charge in [0, 0.05) is 28.4 Å². The number of hydrogen-bond acceptors (Lipinski definition) is 2. The number of para-hydroxylation sites is 1. The van der Waals surface area contributed by atoms with Gasteiger partial charge >= 0.3 is 0 Å². The molecule has 1 heterocycles. The monoisotopic (exact) mass is 336 g/mol. The van der Waals surface area contributed by atoms with Crippen molar-refractivity contribution in [3.8, 4) is 0 Å². The van der Waals surface area contributed by atoms with E-state index in [2.05, 4.69) is 11.4 Å². The normalized spacial score (nSPS) is 16.5. The average Bonchev–Trinajstić information content (AvgIpc) is 2.88. The van der Waals surface area contributed by atoms with Crippen LogP contribution in [0.1, 0.15) is 54.0 Å². The molecule has 1 unspecified atom stereocenters. The van der Waals surface area contributed by atoms with Gasteiger partial charge in [0.1, 0.15) is 0 Å². The highest BCUT2D eigenvalue weighted by atomic mass is 16.2. The number of rotatable bonds is 2. The summed E-state index contributed by atoms with van der Waals surface area (Å²) < 4.78 is 0. The summed E-state index contributed by atoms with van der Waals surface area (Å²) in [5.74, 6) is -0.236. The van der Waals surface area contributed by atoms with Crippen LogP contribution in [0.15, 0.2) is 48.5 Å². The van der Waals surface area contributed by atoms with E-state index < -0.39 is 0 Å². The van der Waals surface area contributed by atoms with Crippen molar-refractivity contribution in [2.75, 3.05) is 4.90 Å². The van der Waals surface area contributed by atoms with E-state index >= 15 is 0 Å². The lowest BCUT2D eigenvalue weighted by Crippen LogP contribution is -2.40. The molecule has 0 spiro atoms. The molecule has 2 aromatic rings. The summed E-state index contributed by atoms with van der Waals surface area (Å²) in [6.07, 6.45) is 0.853. The molecule has 0 radical (unpaired) electrons. The predicted octanol–water partition coefficient (Wildman–Crippen LogP) is 3.81. The average molecular weight is 336 g/mol. The molecule has 1 aliphatic heterocycles. The molecule has 3 rings (SSSR count). The highest BCUT2D eigenvalue weighted by Gasteiger charge is 2.31. The summed E-state index contributed by atoms with van der Waals surface area (Å²) in [7, 11) is 0. The molecule has 25 heavy (non-hydrogen) atoms. The Hall–Kier alpha value is -2.62. The molecule has 2 aromatic carbocycles. The van der Waals surface area contributed by atoms with Crippen LogP contribution in [-0.2, 0) is 6.42 Å². The molecule has 0 fully saturated rings. The van der Waals surface area contributed by atoms with Gasteiger partial charge in [-0.3, -0.25) is 9.59 Å². The van der Waals surface area contributed by atoms with Crippen molar-refractivity contribution in [2.24, 2.45) is 0 Å². The molecule has 130 valence electrons. The van der Waals surface area contributed by atoms with Gasteiger partial charge < -0.3 is 10.2 Å². The maximum absolute atomic E-state index is 13.1. The van der Waals surface area contributed by atoms with Crippen molar-refractivity contribution >= 4 is 17.5 Å². The Labute approximate surface area is 148 Å². The second-order valence-corrected chi connectivity index (χ2v) is 7.64. The standard InChI is InChI=1S/C21H24N2O2/c1-14-12-15-8-5-6-11-18(15)23(14)20(25)17-10-7-9-16(13-17)19(24)22-21(2,3)4/h5-11,13-14H,12H2,1-4H3,(H,22,24). The maximum Gasteiger partial charge on any atom is 0.258 e. The summed E-state index contributed by atoms with van der Waals surface area (Å²) in [6, 6.07) is 15.0. The Morgan fingerprint density at radius 1 is 1.04 bits per heavy atom. The Balaban J connectivity index is 1.89. The van der Waals surface area contributed by atoms with Crippen molar-refractivity contribution in [3.05, 3.63) is 65.2 Å². The zero-order chi connectivity index (χ0) is 18.2. The zero-order valence-corrected chi connectivity index (χ0v) is 15.2. The van der Waals surface area contributed by atoms with Gasteiger partial charge in [0.2, 0.25) is 0 Å². The third-order valence-electron chi connectivity index (χ3n) is 4.29. The van der Waals surface area contributed by atoms with Crippen LogP contribution in [0.25, 0.3) is 0 Å². The minimum absolute atomic E-state index is 0.0668. The number of carbonyl (C=O) groups is 2. The molecule has 0 saturated carbocycles. The van der Waals surface area contributed by atoms with Crippen molar-refractivity contribution < 1.29 is 9.59 Å². The van der Waals surface area contributed by atoms with Crippen molar-refractivity contribution in [1.29, 1.82) is 0 Å². The minimum Gasteiger partial charge on any atom is -0.347 e. The lowest BCUT2D eigenvalue weighted by molar-refractivity contribution is 0.0919. The zero-order valence-electron chi connectivity index (χ0n) is 15.2. The van der Waals surface area contributed by atoms with E-state index in [-0.39, 0.29) is 23.4 Å². The quantitative estimate of drug-likeness (QED) is 0.907. The van der Waals surface area contributed by atoms with Crippen LogP contribution in [0.3, 0.4) is 0 Å². The van der Waals surface area contributed by atoms with Gasteiger partial charge in [0.25, 0.3) is 11.8 Å². The number of anilines is 1. The summed E-state index contributed by atoms with van der Waals surface area (Å²) in [5, 5.41) is 2.93. The van der Waals surface area contributed by atoms with Gasteiger partial charge in [0.15, 0.2) is 0 Å². The molecule has 2 amide bonds. The molecule has 0 saturated heterocycles. The highest BCUT2D eigenvalue weighted by molar-refractivity contribution is 6.09. The van der Waals surface area contributed by atoms with Gasteiger partial charge in [-0.2, -0.15) is 0 Å². The Kier molecular flexibility index (Phi) is 4.38. The Bertz CT molecular complexity index is 821. The molecular formula is C21H24N2O2. The third-order valence-corrected chi connectivity index (χ3v) is 4.29. The molecule has 4 heteroatoms. The Morgan fingerprint density at radius 2 is 1.72 bits per heavy atom. The van der Waals surface area contributed by atoms with E-state index in [1.165, 1.54) is 5.56 Å². The van der Waals surface area contributed by atoms with E-state index in [1.54, 1.807) is 24.3 Å². The molecule has 1 atom stereocenters. The fraction of sp³-hybridized carbons (Fsp3) is 0.333. The molecule has 0 aromatic heterocycles. The van der Waals surface area contributed by atoms with Crippen LogP contribution in [0.5, 0.6) is 0 Å². The third kappa shape index (κ3) is 3.58. The SMILES string of the molecule is CC1Cc2ccccc2N1C(=O)c1cccc(C(=O)NC(C)(C)C)c1. The van der Waals surface area contributed by atoms with Crippen LogP contribution in [0.2, 0.25) is 0 Å². The van der Waals surface area contributed by atoms with Crippen LogP contribution < -0.4 is 10.2 Å². The smallest absolute Gasteiger partial charge is 0.258 e. The van der Waals surface area contributed by atoms with Gasteiger partial charge in [-0.05, 0) is 63.9 Å². The minimum atomic E-state index is -0.320. The van der Waals surface area contributed by atoms with E-state index in [0.717, 1.165) is 12.1 Å². The first-order valence-electron chi connectivity index (χ1n) is 8.60. The molecule has 1 N–H and O–H groups in total. The fourth-order valence-electron chi connectivity index (χ4n) is 3.22. The second kappa shape index (κ2) is 6.36. The molecule has 1 aliphatic rings. The van der Waals surface area contributed by atoms with Crippen LogP contribution >= 0.6 is 0 Å². The highest BCUT2D eigenvalue weighted by Crippen LogP contribution is 2.33. The molecule has 4 nitrogen and oxygen atoms in total. The number of nitrogens with one attached hydrogen (secondary N) is 1. The molecule has 0 aliphatic carbocycles. The maximum atomic E-state index is 13.1. The van der Waals surface area contributed by atoms with E-state index in [1.807, 2.05) is 50.8 Å². The Morgan fingerprint density at radius 3 is 2.44 bits per heavy atom. The number of fused-ring (bicyclic) bond motifs is 1. The first-order chi connectivity index (χ1) is 11.8. The van der Waals surface area contributed by atoms with Gasteiger partial charge in [-0.1, -0.05) is 24.3 Å². The second-order valence-electron chi connectivity index (χ2n) is 7.64.